The van der Waals surface area contributed by atoms with Crippen LogP contribution in [0.4, 0.5) is 0 Å². The van der Waals surface area contributed by atoms with Crippen molar-refractivity contribution in [1.82, 2.24) is 19.2 Å². The molecule has 0 bridgehead atoms. The van der Waals surface area contributed by atoms with Crippen LogP contribution in [0, 0.1) is 0 Å². The van der Waals surface area contributed by atoms with Crippen molar-refractivity contribution in [3.8, 4) is 0 Å². The summed E-state index contributed by atoms with van der Waals surface area (Å²) in [5, 5.41) is 0. The second kappa shape index (κ2) is 5.31. The molecule has 2 aromatic rings. The topological polar surface area (TPSA) is 23.8 Å². The molecule has 1 aliphatic rings. The maximum Gasteiger partial charge on any atom is 0.137 e. The number of imidazole rings is 1. The van der Waals surface area contributed by atoms with Gasteiger partial charge in [-0.25, -0.2) is 4.98 Å². The lowest BCUT2D eigenvalue weighted by Crippen LogP contribution is -2.48. The number of rotatable bonds is 3. The van der Waals surface area contributed by atoms with Gasteiger partial charge >= 0.3 is 0 Å². The predicted molar refractivity (Wildman–Crippen MR) is 77.2 cm³/mol. The van der Waals surface area contributed by atoms with Gasteiger partial charge in [-0.1, -0.05) is 6.07 Å². The lowest BCUT2D eigenvalue weighted by Gasteiger charge is -2.36. The first kappa shape index (κ1) is 12.6. The van der Waals surface area contributed by atoms with Gasteiger partial charge in [0.25, 0.3) is 0 Å². The summed E-state index contributed by atoms with van der Waals surface area (Å²) in [6.45, 7) is 10.2. The molecule has 0 saturated carbocycles. The van der Waals surface area contributed by atoms with E-state index in [9.17, 15) is 0 Å². The van der Waals surface area contributed by atoms with Crippen LogP contribution in [0.5, 0.6) is 0 Å². The summed E-state index contributed by atoms with van der Waals surface area (Å²) in [6.07, 6.45) is 4.20. The molecular formula is C15H22N4. The number of aromatic nitrogens is 2. The van der Waals surface area contributed by atoms with E-state index in [0.29, 0.717) is 6.04 Å². The minimum atomic E-state index is 0.664. The Bertz CT molecular complexity index is 505. The molecule has 3 heterocycles. The minimum Gasteiger partial charge on any atom is -0.307 e. The van der Waals surface area contributed by atoms with Crippen LogP contribution in [0.25, 0.3) is 5.65 Å². The Kier molecular flexibility index (Phi) is 3.53. The summed E-state index contributed by atoms with van der Waals surface area (Å²) in [6, 6.07) is 6.80. The summed E-state index contributed by atoms with van der Waals surface area (Å²) in [5.41, 5.74) is 2.21. The van der Waals surface area contributed by atoms with Gasteiger partial charge < -0.3 is 4.40 Å². The summed E-state index contributed by atoms with van der Waals surface area (Å²) >= 11 is 0. The average molecular weight is 258 g/mol. The van der Waals surface area contributed by atoms with Gasteiger partial charge in [-0.3, -0.25) is 9.80 Å². The molecule has 3 rings (SSSR count). The molecule has 1 saturated heterocycles. The van der Waals surface area contributed by atoms with E-state index in [2.05, 4.69) is 51.5 Å². The molecule has 0 aromatic carbocycles. The Morgan fingerprint density at radius 3 is 2.63 bits per heavy atom. The van der Waals surface area contributed by atoms with Crippen LogP contribution in [0.1, 0.15) is 19.5 Å². The van der Waals surface area contributed by atoms with Gasteiger partial charge in [-0.05, 0) is 26.0 Å². The molecule has 102 valence electrons. The Labute approximate surface area is 114 Å². The van der Waals surface area contributed by atoms with Crippen LogP contribution in [0.3, 0.4) is 0 Å². The van der Waals surface area contributed by atoms with Crippen molar-refractivity contribution in [2.45, 2.75) is 26.4 Å². The Morgan fingerprint density at radius 2 is 1.95 bits per heavy atom. The molecule has 19 heavy (non-hydrogen) atoms. The standard InChI is InChI=1S/C15H22N4/c1-13(2)18-9-7-17(8-10-18)11-14-12-19-6-4-3-5-15(19)16-14/h3-6,12-13H,7-11H2,1-2H3. The van der Waals surface area contributed by atoms with E-state index >= 15 is 0 Å². The van der Waals surface area contributed by atoms with Crippen molar-refractivity contribution in [2.24, 2.45) is 0 Å². The largest absolute Gasteiger partial charge is 0.307 e. The minimum absolute atomic E-state index is 0.664. The van der Waals surface area contributed by atoms with E-state index in [-0.39, 0.29) is 0 Å². The van der Waals surface area contributed by atoms with Crippen molar-refractivity contribution in [3.63, 3.8) is 0 Å². The third-order valence-electron chi connectivity index (χ3n) is 3.94. The number of nitrogens with zero attached hydrogens (tertiary/aromatic N) is 4. The lowest BCUT2D eigenvalue weighted by molar-refractivity contribution is 0.103. The summed E-state index contributed by atoms with van der Waals surface area (Å²) in [7, 11) is 0. The van der Waals surface area contributed by atoms with Crippen LogP contribution in [0.15, 0.2) is 30.6 Å². The highest BCUT2D eigenvalue weighted by atomic mass is 15.3. The molecule has 0 spiro atoms. The maximum atomic E-state index is 4.67. The number of hydrogen-bond donors (Lipinski definition) is 0. The fourth-order valence-corrected chi connectivity index (χ4v) is 2.73. The van der Waals surface area contributed by atoms with Gasteiger partial charge in [0, 0.05) is 51.2 Å². The molecule has 1 fully saturated rings. The highest BCUT2D eigenvalue weighted by molar-refractivity contribution is 5.39. The van der Waals surface area contributed by atoms with E-state index in [1.807, 2.05) is 12.1 Å². The molecule has 0 aliphatic carbocycles. The summed E-state index contributed by atoms with van der Waals surface area (Å²) in [5.74, 6) is 0. The van der Waals surface area contributed by atoms with Crippen molar-refractivity contribution >= 4 is 5.65 Å². The zero-order valence-corrected chi connectivity index (χ0v) is 11.8. The van der Waals surface area contributed by atoms with Crippen LogP contribution >= 0.6 is 0 Å². The Morgan fingerprint density at radius 1 is 1.16 bits per heavy atom. The fraction of sp³-hybridized carbons (Fsp3) is 0.533. The zero-order chi connectivity index (χ0) is 13.2. The normalized spacial score (nSPS) is 18.5. The van der Waals surface area contributed by atoms with Crippen LogP contribution in [-0.2, 0) is 6.54 Å². The summed E-state index contributed by atoms with van der Waals surface area (Å²) < 4.78 is 2.10. The summed E-state index contributed by atoms with van der Waals surface area (Å²) in [4.78, 5) is 9.71. The van der Waals surface area contributed by atoms with Gasteiger partial charge in [-0.15, -0.1) is 0 Å². The Hall–Kier alpha value is -1.39. The number of hydrogen-bond acceptors (Lipinski definition) is 3. The molecule has 0 unspecified atom stereocenters. The van der Waals surface area contributed by atoms with Gasteiger partial charge in [0.05, 0.1) is 5.69 Å². The highest BCUT2D eigenvalue weighted by Gasteiger charge is 2.19. The van der Waals surface area contributed by atoms with Crippen molar-refractivity contribution in [3.05, 3.63) is 36.3 Å². The van der Waals surface area contributed by atoms with Crippen LogP contribution in [-0.4, -0.2) is 51.4 Å². The third-order valence-corrected chi connectivity index (χ3v) is 3.94. The lowest BCUT2D eigenvalue weighted by atomic mass is 10.2. The average Bonchev–Trinajstić information content (AvgIpc) is 2.81. The van der Waals surface area contributed by atoms with Gasteiger partial charge in [0.2, 0.25) is 0 Å². The highest BCUT2D eigenvalue weighted by Crippen LogP contribution is 2.11. The molecule has 0 radical (unpaired) electrons. The van der Waals surface area contributed by atoms with E-state index < -0.39 is 0 Å². The van der Waals surface area contributed by atoms with Crippen molar-refractivity contribution < 1.29 is 0 Å². The molecule has 0 N–H and O–H groups in total. The molecule has 2 aromatic heterocycles. The van der Waals surface area contributed by atoms with Crippen molar-refractivity contribution in [1.29, 1.82) is 0 Å². The van der Waals surface area contributed by atoms with E-state index in [1.165, 1.54) is 18.8 Å². The van der Waals surface area contributed by atoms with Gasteiger partial charge in [0.15, 0.2) is 0 Å². The Balaban J connectivity index is 1.63. The molecule has 4 heteroatoms. The van der Waals surface area contributed by atoms with Crippen LogP contribution < -0.4 is 0 Å². The predicted octanol–water partition coefficient (Wildman–Crippen LogP) is 1.86. The SMILES string of the molecule is CC(C)N1CCN(Cc2cn3ccccc3n2)CC1. The molecule has 1 aliphatic heterocycles. The second-order valence-electron chi connectivity index (χ2n) is 5.60. The van der Waals surface area contributed by atoms with E-state index in [0.717, 1.165) is 25.3 Å². The second-order valence-corrected chi connectivity index (χ2v) is 5.60. The van der Waals surface area contributed by atoms with Gasteiger partial charge in [0.1, 0.15) is 5.65 Å². The van der Waals surface area contributed by atoms with E-state index in [4.69, 9.17) is 0 Å². The van der Waals surface area contributed by atoms with Gasteiger partial charge in [-0.2, -0.15) is 0 Å². The number of pyridine rings is 1. The van der Waals surface area contributed by atoms with E-state index in [1.54, 1.807) is 0 Å². The maximum absolute atomic E-state index is 4.67. The van der Waals surface area contributed by atoms with Crippen LogP contribution in [0.2, 0.25) is 0 Å². The number of piperazine rings is 1. The first-order valence-corrected chi connectivity index (χ1v) is 7.11. The fourth-order valence-electron chi connectivity index (χ4n) is 2.73. The van der Waals surface area contributed by atoms with Crippen molar-refractivity contribution in [2.75, 3.05) is 26.2 Å². The number of fused-ring (bicyclic) bond motifs is 1. The zero-order valence-electron chi connectivity index (χ0n) is 11.8. The molecule has 4 nitrogen and oxygen atoms in total. The molecular weight excluding hydrogens is 236 g/mol. The first-order valence-electron chi connectivity index (χ1n) is 7.11. The molecule has 0 amide bonds. The third kappa shape index (κ3) is 2.80. The monoisotopic (exact) mass is 258 g/mol. The molecule has 0 atom stereocenters. The smallest absolute Gasteiger partial charge is 0.137 e. The first-order chi connectivity index (χ1) is 9.22. The quantitative estimate of drug-likeness (QED) is 0.839.